The largest absolute Gasteiger partial charge is 0.330 e. The molecule has 13 heavy (non-hydrogen) atoms. The van der Waals surface area contributed by atoms with E-state index in [4.69, 9.17) is 5.73 Å². The Hall–Kier alpha value is -0.830. The second-order valence-corrected chi connectivity index (χ2v) is 4.16. The number of aryl methyl sites for hydroxylation is 1. The van der Waals surface area contributed by atoms with Gasteiger partial charge in [0.1, 0.15) is 5.82 Å². The molecule has 3 heteroatoms. The lowest BCUT2D eigenvalue weighted by atomic mass is 10.1. The molecule has 1 aromatic heterocycles. The fraction of sp³-hybridized carbons (Fsp3) is 0.700. The van der Waals surface area contributed by atoms with Crippen molar-refractivity contribution in [2.75, 3.05) is 0 Å². The van der Waals surface area contributed by atoms with Crippen molar-refractivity contribution in [1.29, 1.82) is 0 Å². The summed E-state index contributed by atoms with van der Waals surface area (Å²) in [5, 5.41) is 0. The molecular weight excluding hydrogens is 162 g/mol. The average Bonchev–Trinajstić information content (AvgIpc) is 2.46. The third-order valence-corrected chi connectivity index (χ3v) is 2.72. The third kappa shape index (κ3) is 1.48. The number of nitrogens with two attached hydrogens (primary N) is 1. The van der Waals surface area contributed by atoms with Crippen LogP contribution in [0.4, 0.5) is 0 Å². The molecule has 1 atom stereocenters. The first-order chi connectivity index (χ1) is 6.18. The SMILES string of the molecule is CC(C)c1cnc2n1CC(N)CC2. The minimum atomic E-state index is 0.319. The molecule has 0 radical (unpaired) electrons. The van der Waals surface area contributed by atoms with E-state index in [1.807, 2.05) is 6.20 Å². The maximum absolute atomic E-state index is 5.93. The van der Waals surface area contributed by atoms with Crippen LogP contribution in [0.1, 0.15) is 37.7 Å². The molecule has 3 nitrogen and oxygen atoms in total. The molecule has 1 unspecified atom stereocenters. The van der Waals surface area contributed by atoms with E-state index in [0.717, 1.165) is 19.4 Å². The van der Waals surface area contributed by atoms with Crippen LogP contribution in [0.25, 0.3) is 0 Å². The molecule has 0 saturated heterocycles. The molecule has 0 spiro atoms. The van der Waals surface area contributed by atoms with E-state index in [2.05, 4.69) is 23.4 Å². The van der Waals surface area contributed by atoms with Crippen LogP contribution < -0.4 is 5.73 Å². The molecule has 2 rings (SSSR count). The number of hydrogen-bond acceptors (Lipinski definition) is 2. The van der Waals surface area contributed by atoms with Gasteiger partial charge in [-0.25, -0.2) is 4.98 Å². The van der Waals surface area contributed by atoms with Gasteiger partial charge in [-0.2, -0.15) is 0 Å². The molecule has 0 fully saturated rings. The normalized spacial score (nSPS) is 22.0. The van der Waals surface area contributed by atoms with E-state index in [9.17, 15) is 0 Å². The van der Waals surface area contributed by atoms with Crippen LogP contribution >= 0.6 is 0 Å². The van der Waals surface area contributed by atoms with Crippen molar-refractivity contribution >= 4 is 0 Å². The molecule has 2 heterocycles. The molecule has 0 amide bonds. The van der Waals surface area contributed by atoms with Gasteiger partial charge in [0, 0.05) is 30.9 Å². The Balaban J connectivity index is 2.35. The molecular formula is C10H17N3. The predicted octanol–water partition coefficient (Wildman–Crippen LogP) is 1.28. The number of rotatable bonds is 1. The Kier molecular flexibility index (Phi) is 2.12. The highest BCUT2D eigenvalue weighted by Gasteiger charge is 2.19. The van der Waals surface area contributed by atoms with Crippen LogP contribution in [0.3, 0.4) is 0 Å². The van der Waals surface area contributed by atoms with E-state index in [0.29, 0.717) is 12.0 Å². The summed E-state index contributed by atoms with van der Waals surface area (Å²) >= 11 is 0. The van der Waals surface area contributed by atoms with Crippen LogP contribution in [0, 0.1) is 0 Å². The zero-order chi connectivity index (χ0) is 9.42. The van der Waals surface area contributed by atoms with Gasteiger partial charge in [0.15, 0.2) is 0 Å². The van der Waals surface area contributed by atoms with Crippen LogP contribution in [-0.4, -0.2) is 15.6 Å². The van der Waals surface area contributed by atoms with E-state index in [-0.39, 0.29) is 0 Å². The Morgan fingerprint density at radius 3 is 3.08 bits per heavy atom. The van der Waals surface area contributed by atoms with E-state index in [1.165, 1.54) is 11.5 Å². The molecule has 1 aromatic rings. The van der Waals surface area contributed by atoms with Gasteiger partial charge in [-0.05, 0) is 12.3 Å². The smallest absolute Gasteiger partial charge is 0.108 e. The van der Waals surface area contributed by atoms with Crippen molar-refractivity contribution in [1.82, 2.24) is 9.55 Å². The number of hydrogen-bond donors (Lipinski definition) is 1. The predicted molar refractivity (Wildman–Crippen MR) is 52.6 cm³/mol. The molecule has 1 aliphatic heterocycles. The minimum absolute atomic E-state index is 0.319. The number of fused-ring (bicyclic) bond motifs is 1. The molecule has 0 saturated carbocycles. The van der Waals surface area contributed by atoms with Crippen LogP contribution in [0.5, 0.6) is 0 Å². The molecule has 0 bridgehead atoms. The third-order valence-electron chi connectivity index (χ3n) is 2.72. The lowest BCUT2D eigenvalue weighted by Gasteiger charge is -2.23. The summed E-state index contributed by atoms with van der Waals surface area (Å²) in [7, 11) is 0. The second kappa shape index (κ2) is 3.14. The Morgan fingerprint density at radius 1 is 1.62 bits per heavy atom. The summed E-state index contributed by atoms with van der Waals surface area (Å²) in [6.45, 7) is 5.34. The minimum Gasteiger partial charge on any atom is -0.330 e. The fourth-order valence-electron chi connectivity index (χ4n) is 1.94. The number of aromatic nitrogens is 2. The zero-order valence-corrected chi connectivity index (χ0v) is 8.33. The molecule has 0 aliphatic carbocycles. The molecule has 72 valence electrons. The summed E-state index contributed by atoms with van der Waals surface area (Å²) in [6.07, 6.45) is 4.11. The van der Waals surface area contributed by atoms with Gasteiger partial charge in [0.05, 0.1) is 0 Å². The maximum atomic E-state index is 5.93. The van der Waals surface area contributed by atoms with Gasteiger partial charge >= 0.3 is 0 Å². The van der Waals surface area contributed by atoms with Crippen molar-refractivity contribution in [3.63, 3.8) is 0 Å². The summed E-state index contributed by atoms with van der Waals surface area (Å²) < 4.78 is 2.29. The van der Waals surface area contributed by atoms with Crippen molar-refractivity contribution in [2.24, 2.45) is 5.73 Å². The fourth-order valence-corrected chi connectivity index (χ4v) is 1.94. The topological polar surface area (TPSA) is 43.8 Å². The van der Waals surface area contributed by atoms with Crippen LogP contribution in [0.2, 0.25) is 0 Å². The van der Waals surface area contributed by atoms with E-state index < -0.39 is 0 Å². The van der Waals surface area contributed by atoms with Crippen molar-refractivity contribution in [3.8, 4) is 0 Å². The number of imidazole rings is 1. The Morgan fingerprint density at radius 2 is 2.38 bits per heavy atom. The van der Waals surface area contributed by atoms with Gasteiger partial charge < -0.3 is 10.3 Å². The van der Waals surface area contributed by atoms with Gasteiger partial charge in [-0.15, -0.1) is 0 Å². The molecule has 1 aliphatic rings. The average molecular weight is 179 g/mol. The highest BCUT2D eigenvalue weighted by Crippen LogP contribution is 2.21. The quantitative estimate of drug-likeness (QED) is 0.705. The monoisotopic (exact) mass is 179 g/mol. The summed E-state index contributed by atoms with van der Waals surface area (Å²) in [5.74, 6) is 1.76. The van der Waals surface area contributed by atoms with Gasteiger partial charge in [0.25, 0.3) is 0 Å². The summed E-state index contributed by atoms with van der Waals surface area (Å²) in [6, 6.07) is 0.319. The lowest BCUT2D eigenvalue weighted by molar-refractivity contribution is 0.439. The van der Waals surface area contributed by atoms with Gasteiger partial charge in [-0.1, -0.05) is 13.8 Å². The van der Waals surface area contributed by atoms with Gasteiger partial charge in [0.2, 0.25) is 0 Å². The number of nitrogens with zero attached hydrogens (tertiary/aromatic N) is 2. The van der Waals surface area contributed by atoms with E-state index in [1.54, 1.807) is 0 Å². The van der Waals surface area contributed by atoms with Crippen molar-refractivity contribution in [2.45, 2.75) is 45.2 Å². The van der Waals surface area contributed by atoms with Crippen LogP contribution in [-0.2, 0) is 13.0 Å². The van der Waals surface area contributed by atoms with Crippen molar-refractivity contribution in [3.05, 3.63) is 17.7 Å². The standard InChI is InChI=1S/C10H17N3/c1-7(2)9-5-12-10-4-3-8(11)6-13(9)10/h5,7-8H,3-4,6,11H2,1-2H3. The first-order valence-corrected chi connectivity index (χ1v) is 4.98. The first-order valence-electron chi connectivity index (χ1n) is 4.98. The lowest BCUT2D eigenvalue weighted by Crippen LogP contribution is -2.32. The molecule has 0 aromatic carbocycles. The highest BCUT2D eigenvalue weighted by molar-refractivity contribution is 5.12. The van der Waals surface area contributed by atoms with E-state index >= 15 is 0 Å². The molecule has 2 N–H and O–H groups in total. The Bertz CT molecular complexity index is 301. The Labute approximate surface area is 79.0 Å². The maximum Gasteiger partial charge on any atom is 0.108 e. The summed E-state index contributed by atoms with van der Waals surface area (Å²) in [4.78, 5) is 4.42. The van der Waals surface area contributed by atoms with Crippen molar-refractivity contribution < 1.29 is 0 Å². The van der Waals surface area contributed by atoms with Gasteiger partial charge in [-0.3, -0.25) is 0 Å². The second-order valence-electron chi connectivity index (χ2n) is 4.16. The highest BCUT2D eigenvalue weighted by atomic mass is 15.1. The van der Waals surface area contributed by atoms with Crippen LogP contribution in [0.15, 0.2) is 6.20 Å². The first kappa shape index (κ1) is 8.75. The zero-order valence-electron chi connectivity index (χ0n) is 8.33. The summed E-state index contributed by atoms with van der Waals surface area (Å²) in [5.41, 5.74) is 7.25.